The van der Waals surface area contributed by atoms with E-state index in [9.17, 15) is 9.18 Å². The molecule has 13 heavy (non-hydrogen) atoms. The highest BCUT2D eigenvalue weighted by Gasteiger charge is 2.18. The lowest BCUT2D eigenvalue weighted by Crippen LogP contribution is -2.07. The summed E-state index contributed by atoms with van der Waals surface area (Å²) < 4.78 is 13.3. The third kappa shape index (κ3) is 1.65. The van der Waals surface area contributed by atoms with Crippen LogP contribution in [0.1, 0.15) is 15.9 Å². The molecule has 0 aromatic heterocycles. The normalized spacial score (nSPS) is 10.1. The first kappa shape index (κ1) is 9.98. The van der Waals surface area contributed by atoms with Gasteiger partial charge in [-0.3, -0.25) is 0 Å². The van der Waals surface area contributed by atoms with E-state index in [0.29, 0.717) is 0 Å². The van der Waals surface area contributed by atoms with Crippen LogP contribution in [0.5, 0.6) is 0 Å². The molecule has 0 saturated heterocycles. The summed E-state index contributed by atoms with van der Waals surface area (Å²) in [6, 6.07) is 1.34. The summed E-state index contributed by atoms with van der Waals surface area (Å²) in [5.74, 6) is -2.11. The van der Waals surface area contributed by atoms with Crippen molar-refractivity contribution in [1.82, 2.24) is 0 Å². The number of hydrogen-bond donors (Lipinski definition) is 2. The number of carbonyl (C=O) groups is 1. The Kier molecular flexibility index (Phi) is 2.56. The van der Waals surface area contributed by atoms with Crippen LogP contribution in [0.3, 0.4) is 0 Å². The number of anilines is 1. The van der Waals surface area contributed by atoms with E-state index in [2.05, 4.69) is 15.9 Å². The van der Waals surface area contributed by atoms with Crippen LogP contribution < -0.4 is 5.73 Å². The molecule has 0 atom stereocenters. The number of aromatic carboxylic acids is 1. The lowest BCUT2D eigenvalue weighted by atomic mass is 10.1. The van der Waals surface area contributed by atoms with E-state index >= 15 is 0 Å². The molecule has 1 rings (SSSR count). The fraction of sp³-hybridized carbons (Fsp3) is 0.125. The molecule has 1 aromatic carbocycles. The topological polar surface area (TPSA) is 63.3 Å². The number of carboxylic acid groups (broad SMARTS) is 1. The summed E-state index contributed by atoms with van der Waals surface area (Å²) in [6.07, 6.45) is 0. The predicted octanol–water partition coefficient (Wildman–Crippen LogP) is 2.18. The van der Waals surface area contributed by atoms with Gasteiger partial charge in [-0.25, -0.2) is 9.18 Å². The Bertz CT molecular complexity index is 353. The van der Waals surface area contributed by atoms with E-state index in [4.69, 9.17) is 10.8 Å². The van der Waals surface area contributed by atoms with Gasteiger partial charge in [-0.2, -0.15) is 0 Å². The van der Waals surface area contributed by atoms with Crippen molar-refractivity contribution >= 4 is 27.6 Å². The molecular weight excluding hydrogens is 241 g/mol. The molecule has 0 fully saturated rings. The molecule has 1 aromatic rings. The monoisotopic (exact) mass is 247 g/mol. The summed E-state index contributed by atoms with van der Waals surface area (Å²) in [4.78, 5) is 10.6. The SMILES string of the molecule is Cc1c(N)cc(Br)c(F)c1C(=O)O. The van der Waals surface area contributed by atoms with E-state index in [1.807, 2.05) is 0 Å². The first-order chi connectivity index (χ1) is 5.95. The average molecular weight is 248 g/mol. The Balaban J connectivity index is 3.56. The number of hydrogen-bond acceptors (Lipinski definition) is 2. The summed E-state index contributed by atoms with van der Waals surface area (Å²) in [7, 11) is 0. The maximum atomic E-state index is 13.2. The fourth-order valence-corrected chi connectivity index (χ4v) is 1.44. The van der Waals surface area contributed by atoms with Crippen molar-refractivity contribution in [2.75, 3.05) is 5.73 Å². The van der Waals surface area contributed by atoms with Crippen LogP contribution in [0, 0.1) is 12.7 Å². The molecule has 0 bridgehead atoms. The quantitative estimate of drug-likeness (QED) is 0.748. The van der Waals surface area contributed by atoms with E-state index in [0.717, 1.165) is 0 Å². The van der Waals surface area contributed by atoms with E-state index in [1.54, 1.807) is 0 Å². The van der Waals surface area contributed by atoms with Gasteiger partial charge >= 0.3 is 5.97 Å². The molecule has 3 nitrogen and oxygen atoms in total. The van der Waals surface area contributed by atoms with Gasteiger partial charge in [0.05, 0.1) is 4.47 Å². The highest BCUT2D eigenvalue weighted by Crippen LogP contribution is 2.26. The third-order valence-corrected chi connectivity index (χ3v) is 2.31. The van der Waals surface area contributed by atoms with Crippen molar-refractivity contribution in [2.45, 2.75) is 6.92 Å². The third-order valence-electron chi connectivity index (χ3n) is 1.73. The van der Waals surface area contributed by atoms with Gasteiger partial charge in [-0.1, -0.05) is 0 Å². The van der Waals surface area contributed by atoms with Crippen molar-refractivity contribution in [3.63, 3.8) is 0 Å². The smallest absolute Gasteiger partial charge is 0.339 e. The van der Waals surface area contributed by atoms with Crippen LogP contribution in [-0.4, -0.2) is 11.1 Å². The molecule has 0 aliphatic carbocycles. The molecule has 3 N–H and O–H groups in total. The molecule has 0 amide bonds. The Morgan fingerprint density at radius 2 is 2.23 bits per heavy atom. The van der Waals surface area contributed by atoms with Gasteiger partial charge in [0.2, 0.25) is 0 Å². The maximum Gasteiger partial charge on any atom is 0.339 e. The van der Waals surface area contributed by atoms with Gasteiger partial charge in [0.1, 0.15) is 5.56 Å². The van der Waals surface area contributed by atoms with Crippen molar-refractivity contribution < 1.29 is 14.3 Å². The van der Waals surface area contributed by atoms with E-state index in [1.165, 1.54) is 13.0 Å². The minimum absolute atomic E-state index is 0.0630. The Morgan fingerprint density at radius 3 is 2.69 bits per heavy atom. The molecule has 0 unspecified atom stereocenters. The molecule has 0 aliphatic heterocycles. The highest BCUT2D eigenvalue weighted by atomic mass is 79.9. The lowest BCUT2D eigenvalue weighted by molar-refractivity contribution is 0.0691. The Morgan fingerprint density at radius 1 is 1.69 bits per heavy atom. The summed E-state index contributed by atoms with van der Waals surface area (Å²) in [5.41, 5.74) is 5.58. The summed E-state index contributed by atoms with van der Waals surface area (Å²) in [5, 5.41) is 8.68. The number of carboxylic acids is 1. The van der Waals surface area contributed by atoms with Crippen molar-refractivity contribution in [3.05, 3.63) is 27.5 Å². The van der Waals surface area contributed by atoms with Crippen LogP contribution in [0.25, 0.3) is 0 Å². The molecule has 0 spiro atoms. The van der Waals surface area contributed by atoms with Crippen LogP contribution >= 0.6 is 15.9 Å². The van der Waals surface area contributed by atoms with Crippen LogP contribution in [0.15, 0.2) is 10.5 Å². The van der Waals surface area contributed by atoms with Crippen LogP contribution in [-0.2, 0) is 0 Å². The minimum Gasteiger partial charge on any atom is -0.478 e. The molecule has 0 aliphatic rings. The van der Waals surface area contributed by atoms with Gasteiger partial charge in [0.15, 0.2) is 5.82 Å². The Labute approximate surface area is 82.5 Å². The number of benzene rings is 1. The Hall–Kier alpha value is -1.10. The zero-order valence-electron chi connectivity index (χ0n) is 6.77. The largest absolute Gasteiger partial charge is 0.478 e. The van der Waals surface area contributed by atoms with Crippen LogP contribution in [0.2, 0.25) is 0 Å². The second kappa shape index (κ2) is 3.33. The number of nitrogens with two attached hydrogens (primary N) is 1. The number of rotatable bonds is 1. The van der Waals surface area contributed by atoms with Crippen molar-refractivity contribution in [3.8, 4) is 0 Å². The molecular formula is C8H7BrFNO2. The zero-order valence-corrected chi connectivity index (χ0v) is 8.35. The van der Waals surface area contributed by atoms with Crippen molar-refractivity contribution in [1.29, 1.82) is 0 Å². The standard InChI is InChI=1S/C8H7BrFNO2/c1-3-5(11)2-4(9)7(10)6(3)8(12)13/h2H,11H2,1H3,(H,12,13). The summed E-state index contributed by atoms with van der Waals surface area (Å²) >= 11 is 2.88. The second-order valence-electron chi connectivity index (χ2n) is 2.57. The zero-order chi connectivity index (χ0) is 10.2. The first-order valence-corrected chi connectivity index (χ1v) is 4.21. The number of halogens is 2. The molecule has 0 radical (unpaired) electrons. The summed E-state index contributed by atoms with van der Waals surface area (Å²) in [6.45, 7) is 1.47. The van der Waals surface area contributed by atoms with Crippen LogP contribution in [0.4, 0.5) is 10.1 Å². The molecule has 5 heteroatoms. The maximum absolute atomic E-state index is 13.2. The lowest BCUT2D eigenvalue weighted by Gasteiger charge is -2.07. The van der Waals surface area contributed by atoms with Gasteiger partial charge in [-0.15, -0.1) is 0 Å². The molecule has 70 valence electrons. The van der Waals surface area contributed by atoms with Gasteiger partial charge < -0.3 is 10.8 Å². The molecule has 0 heterocycles. The minimum atomic E-state index is -1.32. The predicted molar refractivity (Wildman–Crippen MR) is 50.2 cm³/mol. The van der Waals surface area contributed by atoms with Gasteiger partial charge in [0, 0.05) is 5.69 Å². The van der Waals surface area contributed by atoms with E-state index < -0.39 is 11.8 Å². The number of nitrogen functional groups attached to an aromatic ring is 1. The fourth-order valence-electron chi connectivity index (χ4n) is 0.991. The van der Waals surface area contributed by atoms with Crippen molar-refractivity contribution in [2.24, 2.45) is 0 Å². The highest BCUT2D eigenvalue weighted by molar-refractivity contribution is 9.10. The van der Waals surface area contributed by atoms with E-state index in [-0.39, 0.29) is 21.3 Å². The van der Waals surface area contributed by atoms with Gasteiger partial charge in [0.25, 0.3) is 0 Å². The average Bonchev–Trinajstić information content (AvgIpc) is 2.01. The second-order valence-corrected chi connectivity index (χ2v) is 3.42. The first-order valence-electron chi connectivity index (χ1n) is 3.42. The van der Waals surface area contributed by atoms with Gasteiger partial charge in [-0.05, 0) is 34.5 Å². The molecule has 0 saturated carbocycles.